The van der Waals surface area contributed by atoms with Crippen molar-refractivity contribution in [3.05, 3.63) is 59.7 Å². The van der Waals surface area contributed by atoms with E-state index in [4.69, 9.17) is 10.00 Å². The molecule has 2 N–H and O–H groups in total. The highest BCUT2D eigenvalue weighted by Crippen LogP contribution is 2.16. The molecule has 0 aliphatic carbocycles. The first-order valence-electron chi connectivity index (χ1n) is 10.0. The fourth-order valence-corrected chi connectivity index (χ4v) is 4.26. The summed E-state index contributed by atoms with van der Waals surface area (Å²) in [5, 5.41) is 13.7. The van der Waals surface area contributed by atoms with Crippen LogP contribution in [0.1, 0.15) is 29.8 Å². The third-order valence-corrected chi connectivity index (χ3v) is 6.56. The normalized spacial score (nSPS) is 10.8. The van der Waals surface area contributed by atoms with E-state index in [9.17, 15) is 22.8 Å². The molecule has 0 heterocycles. The Labute approximate surface area is 192 Å². The van der Waals surface area contributed by atoms with Crippen molar-refractivity contribution in [3.8, 4) is 6.07 Å². The van der Waals surface area contributed by atoms with Gasteiger partial charge >= 0.3 is 5.97 Å². The second kappa shape index (κ2) is 11.8. The minimum atomic E-state index is -3.64. The van der Waals surface area contributed by atoms with E-state index in [1.807, 2.05) is 6.07 Å². The lowest BCUT2D eigenvalue weighted by molar-refractivity contribution is -0.146. The van der Waals surface area contributed by atoms with Gasteiger partial charge in [-0.2, -0.15) is 9.57 Å². The Morgan fingerprint density at radius 2 is 1.73 bits per heavy atom. The summed E-state index contributed by atoms with van der Waals surface area (Å²) < 4.78 is 31.1. The second-order valence-electron chi connectivity index (χ2n) is 6.70. The van der Waals surface area contributed by atoms with Gasteiger partial charge in [0, 0.05) is 24.3 Å². The number of amides is 2. The minimum absolute atomic E-state index is 0.0634. The van der Waals surface area contributed by atoms with Gasteiger partial charge in [0.25, 0.3) is 11.8 Å². The molecule has 0 aliphatic heterocycles. The first-order chi connectivity index (χ1) is 15.7. The van der Waals surface area contributed by atoms with Gasteiger partial charge in [0.2, 0.25) is 10.0 Å². The third kappa shape index (κ3) is 7.13. The molecule has 2 aromatic rings. The van der Waals surface area contributed by atoms with Gasteiger partial charge in [-0.05, 0) is 42.5 Å². The number of anilines is 1. The van der Waals surface area contributed by atoms with E-state index in [1.165, 1.54) is 34.6 Å². The number of nitrogens with zero attached hydrogens (tertiary/aromatic N) is 2. The molecule has 0 saturated heterocycles. The summed E-state index contributed by atoms with van der Waals surface area (Å²) >= 11 is 0. The zero-order valence-electron chi connectivity index (χ0n) is 18.2. The summed E-state index contributed by atoms with van der Waals surface area (Å²) in [5.41, 5.74) is 0.914. The highest BCUT2D eigenvalue weighted by molar-refractivity contribution is 7.89. The third-order valence-electron chi connectivity index (χ3n) is 4.49. The number of carbonyl (C=O) groups excluding carboxylic acids is 3. The molecule has 0 radical (unpaired) electrons. The monoisotopic (exact) mass is 472 g/mol. The lowest BCUT2D eigenvalue weighted by Gasteiger charge is -2.18. The van der Waals surface area contributed by atoms with Crippen molar-refractivity contribution in [3.63, 3.8) is 0 Å². The van der Waals surface area contributed by atoms with Crippen LogP contribution in [0.4, 0.5) is 5.69 Å². The summed E-state index contributed by atoms with van der Waals surface area (Å²) in [4.78, 5) is 36.0. The average molecular weight is 473 g/mol. The molecule has 2 amide bonds. The van der Waals surface area contributed by atoms with Gasteiger partial charge in [0.15, 0.2) is 6.61 Å². The molecule has 0 fully saturated rings. The van der Waals surface area contributed by atoms with E-state index >= 15 is 0 Å². The molecule has 2 rings (SSSR count). The van der Waals surface area contributed by atoms with Crippen molar-refractivity contribution in [2.45, 2.75) is 18.7 Å². The molecule has 2 aromatic carbocycles. The van der Waals surface area contributed by atoms with Crippen LogP contribution in [0, 0.1) is 11.3 Å². The highest BCUT2D eigenvalue weighted by atomic mass is 32.2. The number of nitriles is 1. The van der Waals surface area contributed by atoms with E-state index < -0.39 is 41.0 Å². The second-order valence-corrected chi connectivity index (χ2v) is 8.64. The maximum Gasteiger partial charge on any atom is 0.325 e. The molecule has 0 aliphatic rings. The topological polar surface area (TPSA) is 146 Å². The molecule has 0 unspecified atom stereocenters. The summed E-state index contributed by atoms with van der Waals surface area (Å²) in [6.07, 6.45) is 0. The molecular formula is C22H24N4O6S. The van der Waals surface area contributed by atoms with Crippen LogP contribution in [0.15, 0.2) is 53.4 Å². The molecule has 0 saturated carbocycles. The van der Waals surface area contributed by atoms with Crippen LogP contribution in [0.25, 0.3) is 0 Å². The van der Waals surface area contributed by atoms with Crippen LogP contribution in [0.2, 0.25) is 0 Å². The van der Waals surface area contributed by atoms with E-state index in [2.05, 4.69) is 10.6 Å². The number of ether oxygens (including phenoxy) is 1. The van der Waals surface area contributed by atoms with E-state index in [0.717, 1.165) is 0 Å². The average Bonchev–Trinajstić information content (AvgIpc) is 2.82. The Morgan fingerprint density at radius 3 is 2.33 bits per heavy atom. The van der Waals surface area contributed by atoms with Gasteiger partial charge in [0.05, 0.1) is 16.5 Å². The van der Waals surface area contributed by atoms with E-state index in [-0.39, 0.29) is 10.5 Å². The number of nitrogens with one attached hydrogen (secondary N) is 2. The van der Waals surface area contributed by atoms with Crippen LogP contribution >= 0.6 is 0 Å². The number of benzene rings is 2. The fraction of sp³-hybridized carbons (Fsp3) is 0.273. The van der Waals surface area contributed by atoms with Crippen molar-refractivity contribution in [1.29, 1.82) is 5.26 Å². The first kappa shape index (κ1) is 25.5. The van der Waals surface area contributed by atoms with Gasteiger partial charge in [-0.3, -0.25) is 14.4 Å². The van der Waals surface area contributed by atoms with Crippen molar-refractivity contribution >= 4 is 33.5 Å². The number of rotatable bonds is 10. The zero-order valence-corrected chi connectivity index (χ0v) is 19.0. The molecule has 0 bridgehead atoms. The van der Waals surface area contributed by atoms with Gasteiger partial charge in [-0.15, -0.1) is 0 Å². The molecular weight excluding hydrogens is 448 g/mol. The molecule has 174 valence electrons. The standard InChI is InChI=1S/C22H24N4O6S/c1-3-26(4-2)33(30,31)19-10-8-17(9-11-19)22(29)24-14-21(28)32-15-20(27)25-18-7-5-6-16(12-18)13-23/h5-12H,3-4,14-15H2,1-2H3,(H,24,29)(H,25,27). The van der Waals surface area contributed by atoms with Gasteiger partial charge in [-0.25, -0.2) is 8.42 Å². The Morgan fingerprint density at radius 1 is 1.06 bits per heavy atom. The lowest BCUT2D eigenvalue weighted by atomic mass is 10.2. The zero-order chi connectivity index (χ0) is 24.4. The van der Waals surface area contributed by atoms with Crippen molar-refractivity contribution in [2.24, 2.45) is 0 Å². The summed E-state index contributed by atoms with van der Waals surface area (Å²) in [7, 11) is -3.64. The summed E-state index contributed by atoms with van der Waals surface area (Å²) in [5.74, 6) is -2.03. The predicted octanol–water partition coefficient (Wildman–Crippen LogP) is 1.50. The van der Waals surface area contributed by atoms with Gasteiger partial charge in [-0.1, -0.05) is 19.9 Å². The van der Waals surface area contributed by atoms with Crippen molar-refractivity contribution in [2.75, 3.05) is 31.6 Å². The molecule has 10 nitrogen and oxygen atoms in total. The number of carbonyl (C=O) groups is 3. The molecule has 11 heteroatoms. The predicted molar refractivity (Wildman–Crippen MR) is 120 cm³/mol. The van der Waals surface area contributed by atoms with E-state index in [1.54, 1.807) is 32.0 Å². The van der Waals surface area contributed by atoms with Crippen LogP contribution < -0.4 is 10.6 Å². The SMILES string of the molecule is CCN(CC)S(=O)(=O)c1ccc(C(=O)NCC(=O)OCC(=O)Nc2cccc(C#N)c2)cc1. The highest BCUT2D eigenvalue weighted by Gasteiger charge is 2.21. The van der Waals surface area contributed by atoms with Crippen LogP contribution in [0.3, 0.4) is 0 Å². The number of hydrogen-bond acceptors (Lipinski definition) is 7. The Bertz CT molecular complexity index is 1150. The van der Waals surface area contributed by atoms with Crippen molar-refractivity contribution < 1.29 is 27.5 Å². The molecule has 0 atom stereocenters. The van der Waals surface area contributed by atoms with Crippen molar-refractivity contribution in [1.82, 2.24) is 9.62 Å². The minimum Gasteiger partial charge on any atom is -0.454 e. The van der Waals surface area contributed by atoms with Gasteiger partial charge < -0.3 is 15.4 Å². The van der Waals surface area contributed by atoms with Crippen LogP contribution in [-0.2, 0) is 24.3 Å². The van der Waals surface area contributed by atoms with Gasteiger partial charge in [0.1, 0.15) is 6.54 Å². The molecule has 0 aromatic heterocycles. The fourth-order valence-electron chi connectivity index (χ4n) is 2.81. The smallest absolute Gasteiger partial charge is 0.325 e. The first-order valence-corrected chi connectivity index (χ1v) is 11.5. The molecule has 33 heavy (non-hydrogen) atoms. The Hall–Kier alpha value is -3.75. The number of esters is 1. The van der Waals surface area contributed by atoms with Crippen LogP contribution in [0.5, 0.6) is 0 Å². The summed E-state index contributed by atoms with van der Waals surface area (Å²) in [6.45, 7) is 3.08. The quantitative estimate of drug-likeness (QED) is 0.498. The maximum absolute atomic E-state index is 12.5. The number of sulfonamides is 1. The Kier molecular flexibility index (Phi) is 9.08. The summed E-state index contributed by atoms with van der Waals surface area (Å²) in [6, 6.07) is 13.5. The Balaban J connectivity index is 1.83. The molecule has 0 spiro atoms. The van der Waals surface area contributed by atoms with E-state index in [0.29, 0.717) is 24.3 Å². The largest absolute Gasteiger partial charge is 0.454 e. The number of hydrogen-bond donors (Lipinski definition) is 2. The lowest BCUT2D eigenvalue weighted by Crippen LogP contribution is -2.32. The van der Waals surface area contributed by atoms with Crippen LogP contribution in [-0.4, -0.2) is 56.7 Å². The maximum atomic E-state index is 12.5.